The van der Waals surface area contributed by atoms with Crippen molar-refractivity contribution < 1.29 is 14.3 Å². The number of carbonyl (C=O) groups is 1. The molecule has 0 N–H and O–H groups in total. The molecule has 4 nitrogen and oxygen atoms in total. The van der Waals surface area contributed by atoms with E-state index in [1.165, 1.54) is 6.42 Å². The maximum atomic E-state index is 12.7. The van der Waals surface area contributed by atoms with Gasteiger partial charge in [0.25, 0.3) is 5.91 Å². The van der Waals surface area contributed by atoms with E-state index in [0.717, 1.165) is 36.4 Å². The molecular weight excluding hydrogens is 254 g/mol. The van der Waals surface area contributed by atoms with E-state index in [1.54, 1.807) is 0 Å². The molecule has 3 rings (SSSR count). The molecule has 1 atom stereocenters. The van der Waals surface area contributed by atoms with Crippen LogP contribution in [0.3, 0.4) is 0 Å². The third-order valence-corrected chi connectivity index (χ3v) is 4.06. The molecule has 1 saturated heterocycles. The van der Waals surface area contributed by atoms with Gasteiger partial charge in [0, 0.05) is 18.7 Å². The van der Waals surface area contributed by atoms with Gasteiger partial charge in [-0.15, -0.1) is 0 Å². The summed E-state index contributed by atoms with van der Waals surface area (Å²) in [4.78, 5) is 14.6. The fourth-order valence-corrected chi connectivity index (χ4v) is 2.97. The summed E-state index contributed by atoms with van der Waals surface area (Å²) in [6, 6.07) is 3.75. The van der Waals surface area contributed by atoms with Crippen LogP contribution >= 0.6 is 0 Å². The van der Waals surface area contributed by atoms with E-state index in [0.29, 0.717) is 24.9 Å². The molecule has 20 heavy (non-hydrogen) atoms. The number of nitrogens with zero attached hydrogens (tertiary/aromatic N) is 1. The molecule has 1 amide bonds. The van der Waals surface area contributed by atoms with Crippen LogP contribution in [0.25, 0.3) is 0 Å². The molecule has 1 aromatic carbocycles. The van der Waals surface area contributed by atoms with Crippen LogP contribution < -0.4 is 9.47 Å². The monoisotopic (exact) mass is 275 g/mol. The zero-order valence-corrected chi connectivity index (χ0v) is 12.1. The Bertz CT molecular complexity index is 527. The Morgan fingerprint density at radius 3 is 2.65 bits per heavy atom. The second-order valence-electron chi connectivity index (χ2n) is 5.81. The fraction of sp³-hybridized carbons (Fsp3) is 0.562. The maximum Gasteiger partial charge on any atom is 0.254 e. The fourth-order valence-electron chi connectivity index (χ4n) is 2.97. The topological polar surface area (TPSA) is 38.8 Å². The molecule has 4 heteroatoms. The number of piperidine rings is 1. The first-order valence-electron chi connectivity index (χ1n) is 7.34. The van der Waals surface area contributed by atoms with Gasteiger partial charge < -0.3 is 14.4 Å². The summed E-state index contributed by atoms with van der Waals surface area (Å²) >= 11 is 0. The average molecular weight is 275 g/mol. The van der Waals surface area contributed by atoms with Gasteiger partial charge in [-0.1, -0.05) is 6.92 Å². The Balaban J connectivity index is 1.87. The zero-order chi connectivity index (χ0) is 14.1. The van der Waals surface area contributed by atoms with Crippen molar-refractivity contribution in [2.45, 2.75) is 26.7 Å². The van der Waals surface area contributed by atoms with Gasteiger partial charge in [0.05, 0.1) is 0 Å². The number of amides is 1. The van der Waals surface area contributed by atoms with Crippen LogP contribution in [0.2, 0.25) is 0 Å². The second-order valence-corrected chi connectivity index (χ2v) is 5.81. The number of fused-ring (bicyclic) bond motifs is 1. The molecule has 1 aromatic rings. The minimum atomic E-state index is 0.117. The molecule has 2 aliphatic heterocycles. The Labute approximate surface area is 119 Å². The van der Waals surface area contributed by atoms with Crippen LogP contribution in [0.15, 0.2) is 12.1 Å². The molecule has 2 heterocycles. The normalized spacial score (nSPS) is 21.7. The zero-order valence-electron chi connectivity index (χ0n) is 12.1. The van der Waals surface area contributed by atoms with Gasteiger partial charge in [-0.2, -0.15) is 0 Å². The lowest BCUT2D eigenvalue weighted by molar-refractivity contribution is 0.0681. The number of rotatable bonds is 1. The molecule has 0 saturated carbocycles. The van der Waals surface area contributed by atoms with Crippen molar-refractivity contribution in [3.05, 3.63) is 23.3 Å². The SMILES string of the molecule is Cc1cc2c(cc1C(=O)N1CCCC(C)C1)OCCO2. The first kappa shape index (κ1) is 13.3. The molecule has 0 spiro atoms. The second kappa shape index (κ2) is 5.35. The molecular formula is C16H21NO3. The number of likely N-dealkylation sites (tertiary alicyclic amines) is 1. The van der Waals surface area contributed by atoms with Crippen LogP contribution in [0, 0.1) is 12.8 Å². The van der Waals surface area contributed by atoms with E-state index in [1.807, 2.05) is 24.0 Å². The van der Waals surface area contributed by atoms with Gasteiger partial charge in [0.2, 0.25) is 0 Å². The van der Waals surface area contributed by atoms with Crippen molar-refractivity contribution in [3.8, 4) is 11.5 Å². The first-order chi connectivity index (χ1) is 9.65. The molecule has 108 valence electrons. The van der Waals surface area contributed by atoms with Crippen molar-refractivity contribution in [2.24, 2.45) is 5.92 Å². The van der Waals surface area contributed by atoms with Crippen molar-refractivity contribution >= 4 is 5.91 Å². The Morgan fingerprint density at radius 2 is 1.95 bits per heavy atom. The minimum Gasteiger partial charge on any atom is -0.486 e. The summed E-state index contributed by atoms with van der Waals surface area (Å²) in [7, 11) is 0. The Hall–Kier alpha value is -1.71. The van der Waals surface area contributed by atoms with E-state index < -0.39 is 0 Å². The summed E-state index contributed by atoms with van der Waals surface area (Å²) in [5, 5.41) is 0. The van der Waals surface area contributed by atoms with Crippen LogP contribution in [0.1, 0.15) is 35.7 Å². The van der Waals surface area contributed by atoms with E-state index in [-0.39, 0.29) is 5.91 Å². The highest BCUT2D eigenvalue weighted by Crippen LogP contribution is 2.33. The lowest BCUT2D eigenvalue weighted by atomic mass is 9.98. The van der Waals surface area contributed by atoms with Gasteiger partial charge in [0.1, 0.15) is 13.2 Å². The van der Waals surface area contributed by atoms with Gasteiger partial charge in [-0.05, 0) is 43.4 Å². The standard InChI is InChI=1S/C16H21NO3/c1-11-4-3-5-17(10-11)16(18)13-9-15-14(8-12(13)2)19-6-7-20-15/h8-9,11H,3-7,10H2,1-2H3. The summed E-state index contributed by atoms with van der Waals surface area (Å²) in [5.74, 6) is 2.14. The molecule has 2 aliphatic rings. The average Bonchev–Trinajstić information content (AvgIpc) is 2.46. The number of aryl methyl sites for hydroxylation is 1. The van der Waals surface area contributed by atoms with Crippen molar-refractivity contribution in [3.63, 3.8) is 0 Å². The molecule has 0 aliphatic carbocycles. The van der Waals surface area contributed by atoms with Crippen molar-refractivity contribution in [1.82, 2.24) is 4.90 Å². The van der Waals surface area contributed by atoms with E-state index in [2.05, 4.69) is 6.92 Å². The molecule has 0 aromatic heterocycles. The van der Waals surface area contributed by atoms with Crippen LogP contribution in [-0.4, -0.2) is 37.1 Å². The van der Waals surface area contributed by atoms with Crippen molar-refractivity contribution in [1.29, 1.82) is 0 Å². The lowest BCUT2D eigenvalue weighted by Gasteiger charge is -2.31. The number of ether oxygens (including phenoxy) is 2. The predicted octanol–water partition coefficient (Wildman–Crippen LogP) is 2.64. The smallest absolute Gasteiger partial charge is 0.254 e. The Morgan fingerprint density at radius 1 is 1.25 bits per heavy atom. The summed E-state index contributed by atoms with van der Waals surface area (Å²) < 4.78 is 11.1. The van der Waals surface area contributed by atoms with E-state index in [9.17, 15) is 4.79 Å². The largest absolute Gasteiger partial charge is 0.486 e. The van der Waals surface area contributed by atoms with Crippen LogP contribution in [0.5, 0.6) is 11.5 Å². The summed E-state index contributed by atoms with van der Waals surface area (Å²) in [6.07, 6.45) is 2.31. The molecule has 1 fully saturated rings. The molecule has 1 unspecified atom stereocenters. The van der Waals surface area contributed by atoms with Crippen molar-refractivity contribution in [2.75, 3.05) is 26.3 Å². The lowest BCUT2D eigenvalue weighted by Crippen LogP contribution is -2.39. The highest BCUT2D eigenvalue weighted by atomic mass is 16.6. The van der Waals surface area contributed by atoms with Gasteiger partial charge in [-0.3, -0.25) is 4.79 Å². The minimum absolute atomic E-state index is 0.117. The summed E-state index contributed by atoms with van der Waals surface area (Å²) in [5.41, 5.74) is 1.70. The summed E-state index contributed by atoms with van der Waals surface area (Å²) in [6.45, 7) is 6.99. The third-order valence-electron chi connectivity index (χ3n) is 4.06. The predicted molar refractivity (Wildman–Crippen MR) is 76.5 cm³/mol. The van der Waals surface area contributed by atoms with Crippen LogP contribution in [0.4, 0.5) is 0 Å². The number of hydrogen-bond donors (Lipinski definition) is 0. The maximum absolute atomic E-state index is 12.7. The van der Waals surface area contributed by atoms with Gasteiger partial charge >= 0.3 is 0 Å². The molecule has 0 radical (unpaired) electrons. The van der Waals surface area contributed by atoms with E-state index in [4.69, 9.17) is 9.47 Å². The Kier molecular flexibility index (Phi) is 3.55. The van der Waals surface area contributed by atoms with E-state index >= 15 is 0 Å². The van der Waals surface area contributed by atoms with Gasteiger partial charge in [-0.25, -0.2) is 0 Å². The number of hydrogen-bond acceptors (Lipinski definition) is 3. The van der Waals surface area contributed by atoms with Gasteiger partial charge in [0.15, 0.2) is 11.5 Å². The third kappa shape index (κ3) is 2.47. The first-order valence-corrected chi connectivity index (χ1v) is 7.34. The number of carbonyl (C=O) groups excluding carboxylic acids is 1. The highest BCUT2D eigenvalue weighted by Gasteiger charge is 2.25. The highest BCUT2D eigenvalue weighted by molar-refractivity contribution is 5.96. The molecule has 0 bridgehead atoms. The van der Waals surface area contributed by atoms with Crippen LogP contribution in [-0.2, 0) is 0 Å². The number of benzene rings is 1. The quantitative estimate of drug-likeness (QED) is 0.791.